The van der Waals surface area contributed by atoms with Crippen molar-refractivity contribution in [3.05, 3.63) is 0 Å². The summed E-state index contributed by atoms with van der Waals surface area (Å²) in [6.45, 7) is 4.98. The first-order chi connectivity index (χ1) is 13.7. The SMILES string of the molecule is CC(O)CS(=O)(=O)[O-].CC(O)CS(=O)(=O)[O-].CC(O)CS(=O)(=O)[O-].CC(O)CS(=O)(=O)[O-].[Pb]. The summed E-state index contributed by atoms with van der Waals surface area (Å²) in [5, 5.41) is 33.2. The Morgan fingerprint density at radius 3 is 0.545 bits per heavy atom. The molecule has 0 aromatic rings. The van der Waals surface area contributed by atoms with Crippen molar-refractivity contribution in [3.8, 4) is 0 Å². The van der Waals surface area contributed by atoms with Crippen LogP contribution < -0.4 is 0 Å². The van der Waals surface area contributed by atoms with E-state index in [2.05, 4.69) is 0 Å². The van der Waals surface area contributed by atoms with Gasteiger partial charge in [-0.3, -0.25) is 0 Å². The quantitative estimate of drug-likeness (QED) is 0.133. The molecular formula is C12H28O16PbS4-4. The predicted octanol–water partition coefficient (Wildman–Crippen LogP) is -4.73. The molecule has 4 unspecified atom stereocenters. The van der Waals surface area contributed by atoms with E-state index in [1.165, 1.54) is 27.7 Å². The van der Waals surface area contributed by atoms with E-state index >= 15 is 0 Å². The molecule has 0 spiro atoms. The van der Waals surface area contributed by atoms with Gasteiger partial charge in [0.2, 0.25) is 0 Å². The van der Waals surface area contributed by atoms with E-state index in [4.69, 9.17) is 20.4 Å². The van der Waals surface area contributed by atoms with Crippen molar-refractivity contribution in [2.75, 3.05) is 23.0 Å². The van der Waals surface area contributed by atoms with Gasteiger partial charge in [0.05, 0.1) is 87.9 Å². The van der Waals surface area contributed by atoms with Crippen LogP contribution in [0.4, 0.5) is 0 Å². The predicted molar refractivity (Wildman–Crippen MR) is 111 cm³/mol. The summed E-state index contributed by atoms with van der Waals surface area (Å²) in [5.74, 6) is -2.81. The van der Waals surface area contributed by atoms with E-state index in [9.17, 15) is 51.9 Å². The Kier molecular flexibility index (Phi) is 25.8. The van der Waals surface area contributed by atoms with Crippen LogP contribution in [-0.2, 0) is 40.5 Å². The number of hydrogen-bond acceptors (Lipinski definition) is 16. The summed E-state index contributed by atoms with van der Waals surface area (Å²) in [7, 11) is -16.9. The summed E-state index contributed by atoms with van der Waals surface area (Å²) in [6, 6.07) is 0. The molecule has 0 aliphatic heterocycles. The number of aliphatic hydroxyl groups is 4. The second-order valence-corrected chi connectivity index (χ2v) is 12.1. The van der Waals surface area contributed by atoms with E-state index < -0.39 is 87.9 Å². The van der Waals surface area contributed by atoms with Crippen molar-refractivity contribution in [2.24, 2.45) is 0 Å². The van der Waals surface area contributed by atoms with Gasteiger partial charge in [0.1, 0.15) is 0 Å². The molecule has 33 heavy (non-hydrogen) atoms. The summed E-state index contributed by atoms with van der Waals surface area (Å²) in [4.78, 5) is 0. The van der Waals surface area contributed by atoms with Crippen molar-refractivity contribution in [1.29, 1.82) is 0 Å². The van der Waals surface area contributed by atoms with Gasteiger partial charge in [-0.2, -0.15) is 0 Å². The van der Waals surface area contributed by atoms with Gasteiger partial charge in [0.15, 0.2) is 0 Å². The summed E-state index contributed by atoms with van der Waals surface area (Å²) >= 11 is 0. The first kappa shape index (κ1) is 43.5. The molecule has 0 bridgehead atoms. The van der Waals surface area contributed by atoms with E-state index in [-0.39, 0.29) is 27.3 Å². The van der Waals surface area contributed by atoms with Gasteiger partial charge < -0.3 is 38.6 Å². The van der Waals surface area contributed by atoms with Crippen LogP contribution in [0.25, 0.3) is 0 Å². The summed E-state index contributed by atoms with van der Waals surface area (Å²) in [6.07, 6.45) is -4.23. The molecule has 0 aromatic heterocycles. The normalized spacial score (nSPS) is 15.4. The topological polar surface area (TPSA) is 310 Å². The van der Waals surface area contributed by atoms with Crippen LogP contribution >= 0.6 is 0 Å². The minimum Gasteiger partial charge on any atom is -0.748 e. The molecule has 0 aromatic carbocycles. The Morgan fingerprint density at radius 1 is 0.455 bits per heavy atom. The molecule has 0 aliphatic rings. The third kappa shape index (κ3) is 71.9. The fraction of sp³-hybridized carbons (Fsp3) is 1.00. The van der Waals surface area contributed by atoms with Crippen LogP contribution in [0, 0.1) is 0 Å². The van der Waals surface area contributed by atoms with Gasteiger partial charge in [-0.15, -0.1) is 0 Å². The Bertz CT molecular complexity index is 737. The van der Waals surface area contributed by atoms with Gasteiger partial charge in [-0.1, -0.05) is 0 Å². The first-order valence-corrected chi connectivity index (χ1v) is 14.4. The van der Waals surface area contributed by atoms with E-state index in [1.54, 1.807) is 0 Å². The molecule has 4 N–H and O–H groups in total. The van der Waals surface area contributed by atoms with Crippen LogP contribution in [0.5, 0.6) is 0 Å². The Hall–Kier alpha value is 0.402. The fourth-order valence-corrected chi connectivity index (χ4v) is 3.54. The molecule has 0 saturated heterocycles. The average molecular weight is 764 g/mol. The molecule has 204 valence electrons. The second kappa shape index (κ2) is 19.6. The molecule has 0 heterocycles. The van der Waals surface area contributed by atoms with E-state index in [0.29, 0.717) is 0 Å². The number of rotatable bonds is 8. The van der Waals surface area contributed by atoms with Gasteiger partial charge in [-0.05, 0) is 27.7 Å². The van der Waals surface area contributed by atoms with Crippen molar-refractivity contribution in [2.45, 2.75) is 52.1 Å². The van der Waals surface area contributed by atoms with Crippen molar-refractivity contribution >= 4 is 67.8 Å². The van der Waals surface area contributed by atoms with Gasteiger partial charge >= 0.3 is 0 Å². The minimum absolute atomic E-state index is 0. The zero-order valence-electron chi connectivity index (χ0n) is 18.0. The first-order valence-electron chi connectivity index (χ1n) is 8.13. The van der Waals surface area contributed by atoms with E-state index in [0.717, 1.165) is 0 Å². The Morgan fingerprint density at radius 2 is 0.545 bits per heavy atom. The fourth-order valence-electron chi connectivity index (χ4n) is 1.18. The van der Waals surface area contributed by atoms with Crippen molar-refractivity contribution in [1.82, 2.24) is 0 Å². The Balaban J connectivity index is -0.000000105. The number of aliphatic hydroxyl groups excluding tert-OH is 4. The van der Waals surface area contributed by atoms with Crippen LogP contribution in [0.2, 0.25) is 0 Å². The third-order valence-electron chi connectivity index (χ3n) is 1.78. The standard InChI is InChI=1S/4C3H8O4S.Pb/c4*1-3(4)2-8(5,6)7;/h4*3-4H,2H2,1H3,(H,5,6,7);/p-4. The van der Waals surface area contributed by atoms with Gasteiger partial charge in [-0.25, -0.2) is 33.7 Å². The zero-order chi connectivity index (χ0) is 27.1. The molecule has 16 nitrogen and oxygen atoms in total. The molecule has 0 amide bonds. The zero-order valence-corrected chi connectivity index (χ0v) is 25.1. The molecule has 4 atom stereocenters. The molecule has 21 heteroatoms. The summed E-state index contributed by atoms with van der Waals surface area (Å²) < 4.78 is 117. The van der Waals surface area contributed by atoms with Gasteiger partial charge in [0, 0.05) is 27.3 Å². The van der Waals surface area contributed by atoms with Crippen LogP contribution in [-0.4, -0.2) is 147 Å². The molecule has 4 radical (unpaired) electrons. The van der Waals surface area contributed by atoms with Crippen LogP contribution in [0.15, 0.2) is 0 Å². The smallest absolute Gasteiger partial charge is 0.0971 e. The van der Waals surface area contributed by atoms with Gasteiger partial charge in [0.25, 0.3) is 0 Å². The maximum atomic E-state index is 9.73. The van der Waals surface area contributed by atoms with Crippen molar-refractivity contribution < 1.29 is 72.3 Å². The maximum Gasteiger partial charge on any atom is 0.0971 e. The van der Waals surface area contributed by atoms with Crippen LogP contribution in [0.1, 0.15) is 27.7 Å². The third-order valence-corrected chi connectivity index (χ3v) is 5.34. The molecular weight excluding hydrogens is 736 g/mol. The minimum atomic E-state index is -4.22. The second-order valence-electron chi connectivity index (χ2n) is 6.29. The monoisotopic (exact) mass is 764 g/mol. The van der Waals surface area contributed by atoms with Crippen molar-refractivity contribution in [3.63, 3.8) is 0 Å². The van der Waals surface area contributed by atoms with Crippen LogP contribution in [0.3, 0.4) is 0 Å². The maximum absolute atomic E-state index is 9.73. The largest absolute Gasteiger partial charge is 0.748 e. The Labute approximate surface area is 214 Å². The summed E-state index contributed by atoms with van der Waals surface area (Å²) in [5.41, 5.74) is 0. The number of hydrogen-bond donors (Lipinski definition) is 4. The molecule has 0 aliphatic carbocycles. The molecule has 0 fully saturated rings. The average Bonchev–Trinajstić information content (AvgIpc) is 2.26. The molecule has 0 saturated carbocycles. The van der Waals surface area contributed by atoms with E-state index in [1.807, 2.05) is 0 Å². The molecule has 0 rings (SSSR count).